The maximum Gasteiger partial charge on any atom is 0.203 e. The van der Waals surface area contributed by atoms with Crippen LogP contribution in [0.2, 0.25) is 0 Å². The standard InChI is InChI=1S/C20H18N2O5/c1-25-17-7-11(8-18(26-2)20(17)27-3)19(24)16-6-12(10-21)14-9-13(23)4-5-15(14)22-16/h4-9,19,23-24H,1-3H3. The van der Waals surface area contributed by atoms with E-state index in [4.69, 9.17) is 14.2 Å². The van der Waals surface area contributed by atoms with E-state index in [1.54, 1.807) is 18.2 Å². The number of rotatable bonds is 5. The minimum absolute atomic E-state index is 0.0405. The summed E-state index contributed by atoms with van der Waals surface area (Å²) >= 11 is 0. The number of nitriles is 1. The lowest BCUT2D eigenvalue weighted by Gasteiger charge is -2.17. The Kier molecular flexibility index (Phi) is 5.01. The molecule has 3 aromatic rings. The topological polar surface area (TPSA) is 105 Å². The van der Waals surface area contributed by atoms with Gasteiger partial charge in [-0.25, -0.2) is 4.98 Å². The first-order chi connectivity index (χ1) is 13.0. The molecule has 7 heteroatoms. The molecule has 0 spiro atoms. The van der Waals surface area contributed by atoms with Crippen molar-refractivity contribution in [3.8, 4) is 29.1 Å². The molecule has 0 amide bonds. The molecular formula is C20H18N2O5. The number of aliphatic hydroxyl groups excluding tert-OH is 1. The van der Waals surface area contributed by atoms with E-state index in [0.717, 1.165) is 0 Å². The molecule has 1 atom stereocenters. The van der Waals surface area contributed by atoms with Crippen LogP contribution in [0.3, 0.4) is 0 Å². The van der Waals surface area contributed by atoms with Gasteiger partial charge in [-0.05, 0) is 42.0 Å². The third kappa shape index (κ3) is 3.30. The maximum absolute atomic E-state index is 10.9. The van der Waals surface area contributed by atoms with Gasteiger partial charge in [-0.1, -0.05) is 0 Å². The van der Waals surface area contributed by atoms with E-state index in [-0.39, 0.29) is 5.75 Å². The van der Waals surface area contributed by atoms with Crippen LogP contribution in [0.4, 0.5) is 0 Å². The van der Waals surface area contributed by atoms with Gasteiger partial charge in [0, 0.05) is 5.39 Å². The number of hydrogen-bond donors (Lipinski definition) is 2. The fourth-order valence-corrected chi connectivity index (χ4v) is 2.90. The Morgan fingerprint density at radius 1 is 1.00 bits per heavy atom. The number of hydrogen-bond acceptors (Lipinski definition) is 7. The molecule has 1 heterocycles. The Labute approximate surface area is 156 Å². The second kappa shape index (κ2) is 7.40. The highest BCUT2D eigenvalue weighted by Crippen LogP contribution is 2.40. The second-order valence-electron chi connectivity index (χ2n) is 5.77. The number of aromatic nitrogens is 1. The van der Waals surface area contributed by atoms with E-state index in [2.05, 4.69) is 11.1 Å². The van der Waals surface area contributed by atoms with E-state index in [1.807, 2.05) is 0 Å². The van der Waals surface area contributed by atoms with Gasteiger partial charge in [0.25, 0.3) is 0 Å². The highest BCUT2D eigenvalue weighted by Gasteiger charge is 2.20. The van der Waals surface area contributed by atoms with Crippen LogP contribution in [0.25, 0.3) is 10.9 Å². The first-order valence-electron chi connectivity index (χ1n) is 8.04. The predicted octanol–water partition coefficient (Wildman–Crippen LogP) is 2.92. The number of pyridine rings is 1. The molecular weight excluding hydrogens is 348 g/mol. The summed E-state index contributed by atoms with van der Waals surface area (Å²) in [6, 6.07) is 11.4. The molecule has 1 unspecified atom stereocenters. The average Bonchev–Trinajstić information content (AvgIpc) is 2.71. The van der Waals surface area contributed by atoms with Gasteiger partial charge >= 0.3 is 0 Å². The van der Waals surface area contributed by atoms with Gasteiger partial charge in [0.05, 0.1) is 44.2 Å². The monoisotopic (exact) mass is 366 g/mol. The summed E-state index contributed by atoms with van der Waals surface area (Å²) in [6.07, 6.45) is -1.12. The lowest BCUT2D eigenvalue weighted by molar-refractivity contribution is 0.214. The fraction of sp³-hybridized carbons (Fsp3) is 0.200. The SMILES string of the molecule is COc1cc(C(O)c2cc(C#N)c3cc(O)ccc3n2)cc(OC)c1OC. The summed E-state index contributed by atoms with van der Waals surface area (Å²) in [5.41, 5.74) is 1.56. The second-order valence-corrected chi connectivity index (χ2v) is 5.77. The summed E-state index contributed by atoms with van der Waals surface area (Å²) in [6.45, 7) is 0. The molecule has 0 radical (unpaired) electrons. The number of phenols is 1. The molecule has 0 aliphatic heterocycles. The van der Waals surface area contributed by atoms with Gasteiger partial charge in [-0.3, -0.25) is 0 Å². The molecule has 0 saturated carbocycles. The first kappa shape index (κ1) is 18.3. The zero-order chi connectivity index (χ0) is 19.6. The number of phenolic OH excluding ortho intramolecular Hbond substituents is 1. The molecule has 3 rings (SSSR count). The molecule has 0 fully saturated rings. The zero-order valence-electron chi connectivity index (χ0n) is 15.1. The van der Waals surface area contributed by atoms with Crippen molar-refractivity contribution < 1.29 is 24.4 Å². The molecule has 0 aliphatic rings. The van der Waals surface area contributed by atoms with Crippen molar-refractivity contribution in [2.45, 2.75) is 6.10 Å². The number of ether oxygens (including phenoxy) is 3. The summed E-state index contributed by atoms with van der Waals surface area (Å²) in [7, 11) is 4.47. The minimum Gasteiger partial charge on any atom is -0.508 e. The average molecular weight is 366 g/mol. The van der Waals surface area contributed by atoms with E-state index in [0.29, 0.717) is 45.0 Å². The predicted molar refractivity (Wildman–Crippen MR) is 98.3 cm³/mol. The van der Waals surface area contributed by atoms with Crippen LogP contribution in [0, 0.1) is 11.3 Å². The van der Waals surface area contributed by atoms with Gasteiger partial charge in [-0.15, -0.1) is 0 Å². The van der Waals surface area contributed by atoms with Gasteiger partial charge in [0.2, 0.25) is 5.75 Å². The van der Waals surface area contributed by atoms with E-state index in [9.17, 15) is 15.5 Å². The van der Waals surface area contributed by atoms with Gasteiger partial charge in [0.1, 0.15) is 11.9 Å². The van der Waals surface area contributed by atoms with Crippen LogP contribution < -0.4 is 14.2 Å². The quantitative estimate of drug-likeness (QED) is 0.715. The Bertz CT molecular complexity index is 1020. The Balaban J connectivity index is 2.15. The number of benzene rings is 2. The molecule has 0 aliphatic carbocycles. The Morgan fingerprint density at radius 3 is 2.22 bits per heavy atom. The van der Waals surface area contributed by atoms with Crippen molar-refractivity contribution in [2.75, 3.05) is 21.3 Å². The fourth-order valence-electron chi connectivity index (χ4n) is 2.90. The Hall–Kier alpha value is -3.50. The van der Waals surface area contributed by atoms with Gasteiger partial charge in [0.15, 0.2) is 11.5 Å². The van der Waals surface area contributed by atoms with E-state index in [1.165, 1.54) is 39.5 Å². The summed E-state index contributed by atoms with van der Waals surface area (Å²) in [5, 5.41) is 30.5. The lowest BCUT2D eigenvalue weighted by Crippen LogP contribution is -2.05. The highest BCUT2D eigenvalue weighted by molar-refractivity contribution is 5.86. The van der Waals surface area contributed by atoms with Gasteiger partial charge in [-0.2, -0.15) is 5.26 Å². The number of nitrogens with zero attached hydrogens (tertiary/aromatic N) is 2. The van der Waals surface area contributed by atoms with Crippen molar-refractivity contribution in [2.24, 2.45) is 0 Å². The minimum atomic E-state index is -1.12. The molecule has 138 valence electrons. The number of aliphatic hydroxyl groups is 1. The van der Waals surface area contributed by atoms with Crippen molar-refractivity contribution in [3.63, 3.8) is 0 Å². The third-order valence-corrected chi connectivity index (χ3v) is 4.22. The molecule has 2 N–H and O–H groups in total. The van der Waals surface area contributed by atoms with E-state index >= 15 is 0 Å². The van der Waals surface area contributed by atoms with Crippen molar-refractivity contribution in [1.29, 1.82) is 5.26 Å². The number of aromatic hydroxyl groups is 1. The summed E-state index contributed by atoms with van der Waals surface area (Å²) < 4.78 is 15.9. The molecule has 27 heavy (non-hydrogen) atoms. The lowest BCUT2D eigenvalue weighted by atomic mass is 10.0. The van der Waals surface area contributed by atoms with Crippen LogP contribution in [0.15, 0.2) is 36.4 Å². The molecule has 0 bridgehead atoms. The largest absolute Gasteiger partial charge is 0.508 e. The first-order valence-corrected chi connectivity index (χ1v) is 8.04. The van der Waals surface area contributed by atoms with Crippen LogP contribution in [-0.4, -0.2) is 36.5 Å². The van der Waals surface area contributed by atoms with Crippen LogP contribution in [0.5, 0.6) is 23.0 Å². The van der Waals surface area contributed by atoms with Crippen molar-refractivity contribution in [3.05, 3.63) is 53.2 Å². The van der Waals surface area contributed by atoms with E-state index < -0.39 is 6.10 Å². The number of methoxy groups -OCH3 is 3. The molecule has 1 aromatic heterocycles. The number of fused-ring (bicyclic) bond motifs is 1. The third-order valence-electron chi connectivity index (χ3n) is 4.22. The van der Waals surface area contributed by atoms with Crippen LogP contribution in [-0.2, 0) is 0 Å². The van der Waals surface area contributed by atoms with Crippen LogP contribution >= 0.6 is 0 Å². The van der Waals surface area contributed by atoms with Gasteiger partial charge < -0.3 is 24.4 Å². The highest BCUT2D eigenvalue weighted by atomic mass is 16.5. The summed E-state index contributed by atoms with van der Waals surface area (Å²) in [5.74, 6) is 1.25. The maximum atomic E-state index is 10.9. The molecule has 7 nitrogen and oxygen atoms in total. The molecule has 0 saturated heterocycles. The normalized spacial score (nSPS) is 11.7. The Morgan fingerprint density at radius 2 is 1.67 bits per heavy atom. The zero-order valence-corrected chi connectivity index (χ0v) is 15.1. The smallest absolute Gasteiger partial charge is 0.203 e. The van der Waals surface area contributed by atoms with Crippen LogP contribution in [0.1, 0.15) is 22.9 Å². The van der Waals surface area contributed by atoms with Crippen molar-refractivity contribution >= 4 is 10.9 Å². The molecule has 2 aromatic carbocycles. The summed E-state index contributed by atoms with van der Waals surface area (Å²) in [4.78, 5) is 4.43. The van der Waals surface area contributed by atoms with Crippen molar-refractivity contribution in [1.82, 2.24) is 4.98 Å².